The number of benzene rings is 3. The highest BCUT2D eigenvalue weighted by Gasteiger charge is 2.00. The van der Waals surface area contributed by atoms with E-state index in [1.54, 1.807) is 12.1 Å². The molecule has 0 fully saturated rings. The van der Waals surface area contributed by atoms with Crippen LogP contribution < -0.4 is 0 Å². The van der Waals surface area contributed by atoms with Gasteiger partial charge in [0.25, 0.3) is 0 Å². The molecule has 0 aliphatic rings. The topological polar surface area (TPSA) is 0 Å². The Morgan fingerprint density at radius 1 is 0.741 bits per heavy atom. The van der Waals surface area contributed by atoms with E-state index in [0.29, 0.717) is 10.6 Å². The fourth-order valence-electron chi connectivity index (χ4n) is 2.67. The van der Waals surface area contributed by atoms with Crippen molar-refractivity contribution in [2.24, 2.45) is 0 Å². The maximum absolute atomic E-state index is 13.8. The number of halogens is 2. The van der Waals surface area contributed by atoms with Crippen molar-refractivity contribution in [1.82, 2.24) is 0 Å². The molecule has 0 aromatic heterocycles. The van der Waals surface area contributed by atoms with Gasteiger partial charge in [-0.1, -0.05) is 53.6 Å². The molecule has 0 N–H and O–H groups in total. The highest BCUT2D eigenvalue weighted by atomic mass is 35.5. The summed E-state index contributed by atoms with van der Waals surface area (Å²) in [6, 6.07) is 20.9. The first kappa shape index (κ1) is 18.8. The average Bonchev–Trinajstić information content (AvgIpc) is 2.68. The summed E-state index contributed by atoms with van der Waals surface area (Å²) in [6.45, 7) is 1.84. The highest BCUT2D eigenvalue weighted by molar-refractivity contribution is 6.30. The van der Waals surface area contributed by atoms with E-state index in [1.165, 1.54) is 17.2 Å². The summed E-state index contributed by atoms with van der Waals surface area (Å²) in [5.74, 6) is 11.4. The van der Waals surface area contributed by atoms with E-state index < -0.39 is 5.82 Å². The molecule has 27 heavy (non-hydrogen) atoms. The Bertz CT molecular complexity index is 1040. The smallest absolute Gasteiger partial charge is 0.140 e. The molecule has 0 aliphatic carbocycles. The van der Waals surface area contributed by atoms with Gasteiger partial charge in [0.2, 0.25) is 0 Å². The molecule has 0 amide bonds. The third-order valence-electron chi connectivity index (χ3n) is 4.15. The lowest BCUT2D eigenvalue weighted by Gasteiger charge is -2.03. The maximum atomic E-state index is 13.8. The molecule has 0 nitrogen and oxygen atoms in total. The van der Waals surface area contributed by atoms with E-state index in [4.69, 9.17) is 11.6 Å². The standard InChI is InChI=1S/C25H18ClF/c1-2-3-19-4-6-20(7-5-19)8-9-21-10-12-22(13-11-21)14-15-23-16-17-24(26)18-25(23)27/h4-7,10-13,16-18H,8-9H2,1H3. The Morgan fingerprint density at radius 2 is 1.30 bits per heavy atom. The van der Waals surface area contributed by atoms with Gasteiger partial charge in [-0.3, -0.25) is 0 Å². The van der Waals surface area contributed by atoms with Gasteiger partial charge < -0.3 is 0 Å². The Morgan fingerprint density at radius 3 is 1.81 bits per heavy atom. The first-order valence-electron chi connectivity index (χ1n) is 8.72. The van der Waals surface area contributed by atoms with Crippen LogP contribution in [0.15, 0.2) is 66.7 Å². The second-order valence-corrected chi connectivity index (χ2v) is 6.58. The first-order valence-corrected chi connectivity index (χ1v) is 9.09. The van der Waals surface area contributed by atoms with Crippen molar-refractivity contribution in [2.45, 2.75) is 19.8 Å². The van der Waals surface area contributed by atoms with Crippen molar-refractivity contribution in [2.75, 3.05) is 0 Å². The summed E-state index contributed by atoms with van der Waals surface area (Å²) < 4.78 is 13.8. The summed E-state index contributed by atoms with van der Waals surface area (Å²) in [5.41, 5.74) is 4.78. The molecule has 0 aliphatic heterocycles. The van der Waals surface area contributed by atoms with E-state index in [9.17, 15) is 4.39 Å². The van der Waals surface area contributed by atoms with E-state index >= 15 is 0 Å². The van der Waals surface area contributed by atoms with E-state index in [0.717, 1.165) is 24.0 Å². The van der Waals surface area contributed by atoms with Crippen LogP contribution >= 0.6 is 11.6 Å². The van der Waals surface area contributed by atoms with Gasteiger partial charge in [-0.25, -0.2) is 4.39 Å². The lowest BCUT2D eigenvalue weighted by Crippen LogP contribution is -1.91. The van der Waals surface area contributed by atoms with Crippen LogP contribution in [0, 0.1) is 29.5 Å². The van der Waals surface area contributed by atoms with E-state index in [2.05, 4.69) is 60.1 Å². The van der Waals surface area contributed by atoms with Crippen LogP contribution in [0.25, 0.3) is 0 Å². The van der Waals surface area contributed by atoms with Crippen molar-refractivity contribution >= 4 is 11.6 Å². The van der Waals surface area contributed by atoms with E-state index in [-0.39, 0.29) is 0 Å². The number of rotatable bonds is 3. The molecule has 132 valence electrons. The van der Waals surface area contributed by atoms with Gasteiger partial charge in [0.15, 0.2) is 0 Å². The molecule has 2 heteroatoms. The van der Waals surface area contributed by atoms with Crippen molar-refractivity contribution < 1.29 is 4.39 Å². The van der Waals surface area contributed by atoms with Crippen molar-refractivity contribution in [1.29, 1.82) is 0 Å². The minimum Gasteiger partial charge on any atom is -0.206 e. The summed E-state index contributed by atoms with van der Waals surface area (Å²) >= 11 is 5.75. The average molecular weight is 373 g/mol. The summed E-state index contributed by atoms with van der Waals surface area (Å²) in [7, 11) is 0. The normalized spacial score (nSPS) is 9.74. The minimum absolute atomic E-state index is 0.347. The molecule has 0 radical (unpaired) electrons. The fraction of sp³-hybridized carbons (Fsp3) is 0.120. The van der Waals surface area contributed by atoms with Gasteiger partial charge in [0.05, 0.1) is 5.56 Å². The molecule has 0 saturated heterocycles. The Labute approximate surface area is 165 Å². The van der Waals surface area contributed by atoms with Crippen LogP contribution in [0.5, 0.6) is 0 Å². The molecule has 0 spiro atoms. The molecule has 0 bridgehead atoms. The summed E-state index contributed by atoms with van der Waals surface area (Å²) in [4.78, 5) is 0. The van der Waals surface area contributed by atoms with Crippen molar-refractivity contribution in [3.8, 4) is 23.7 Å². The van der Waals surface area contributed by atoms with Crippen LogP contribution in [0.4, 0.5) is 4.39 Å². The van der Waals surface area contributed by atoms with Gasteiger partial charge in [-0.05, 0) is 73.4 Å². The van der Waals surface area contributed by atoms with Gasteiger partial charge in [0.1, 0.15) is 5.82 Å². The SMILES string of the molecule is CC#Cc1ccc(CCc2ccc(C#Cc3ccc(Cl)cc3F)cc2)cc1. The van der Waals surface area contributed by atoms with E-state index in [1.807, 2.05) is 19.1 Å². The van der Waals surface area contributed by atoms with Gasteiger partial charge >= 0.3 is 0 Å². The lowest BCUT2D eigenvalue weighted by molar-refractivity contribution is 0.624. The quantitative estimate of drug-likeness (QED) is 0.492. The molecule has 0 heterocycles. The molecule has 0 saturated carbocycles. The van der Waals surface area contributed by atoms with Crippen molar-refractivity contribution in [3.05, 3.63) is 105 Å². The number of hydrogen-bond acceptors (Lipinski definition) is 0. The fourth-order valence-corrected chi connectivity index (χ4v) is 2.83. The van der Waals surface area contributed by atoms with Crippen LogP contribution in [-0.4, -0.2) is 0 Å². The monoisotopic (exact) mass is 372 g/mol. The van der Waals surface area contributed by atoms with Crippen LogP contribution in [0.2, 0.25) is 5.02 Å². The van der Waals surface area contributed by atoms with Crippen LogP contribution in [0.3, 0.4) is 0 Å². The molecule has 0 atom stereocenters. The highest BCUT2D eigenvalue weighted by Crippen LogP contribution is 2.14. The van der Waals surface area contributed by atoms with Crippen LogP contribution in [-0.2, 0) is 12.8 Å². The second kappa shape index (κ2) is 9.09. The second-order valence-electron chi connectivity index (χ2n) is 6.14. The Balaban J connectivity index is 1.62. The zero-order valence-electron chi connectivity index (χ0n) is 15.0. The van der Waals surface area contributed by atoms with Crippen LogP contribution in [0.1, 0.15) is 34.7 Å². The zero-order valence-corrected chi connectivity index (χ0v) is 15.8. The molecular formula is C25H18ClF. The third-order valence-corrected chi connectivity index (χ3v) is 4.39. The maximum Gasteiger partial charge on any atom is 0.140 e. The predicted molar refractivity (Wildman–Crippen MR) is 110 cm³/mol. The third kappa shape index (κ3) is 5.49. The number of aryl methyl sites for hydroxylation is 2. The minimum atomic E-state index is -0.400. The summed E-state index contributed by atoms with van der Waals surface area (Å²) in [5, 5.41) is 0.371. The van der Waals surface area contributed by atoms with Gasteiger partial charge in [0, 0.05) is 16.1 Å². The predicted octanol–water partition coefficient (Wildman–Crippen LogP) is 6.04. The first-order chi connectivity index (χ1) is 13.1. The molecule has 3 aromatic carbocycles. The van der Waals surface area contributed by atoms with Crippen molar-refractivity contribution in [3.63, 3.8) is 0 Å². The largest absolute Gasteiger partial charge is 0.206 e. The Hall–Kier alpha value is -3.00. The number of hydrogen-bond donors (Lipinski definition) is 0. The molecule has 3 rings (SSSR count). The van der Waals surface area contributed by atoms with Gasteiger partial charge in [-0.2, -0.15) is 0 Å². The molecule has 0 unspecified atom stereocenters. The van der Waals surface area contributed by atoms with Gasteiger partial charge in [-0.15, -0.1) is 5.92 Å². The molecular weight excluding hydrogens is 355 g/mol. The lowest BCUT2D eigenvalue weighted by atomic mass is 10.0. The Kier molecular flexibility index (Phi) is 6.32. The summed E-state index contributed by atoms with van der Waals surface area (Å²) in [6.07, 6.45) is 1.93. The molecule has 3 aromatic rings. The zero-order chi connectivity index (χ0) is 19.1.